The second-order valence-corrected chi connectivity index (χ2v) is 40.0. The van der Waals surface area contributed by atoms with Crippen molar-refractivity contribution in [3.63, 3.8) is 0 Å². The minimum Gasteiger partial charge on any atom is -0.497 e. The fourth-order valence-electron chi connectivity index (χ4n) is 21.7. The summed E-state index contributed by atoms with van der Waals surface area (Å²) in [5.74, 6) is 4.19. The average Bonchev–Trinajstić information content (AvgIpc) is 1.64. The molecule has 21 heteroatoms. The maximum atomic E-state index is 15.0. The lowest BCUT2D eigenvalue weighted by Crippen LogP contribution is -2.11. The van der Waals surface area contributed by atoms with Crippen LogP contribution < -0.4 is 28.4 Å². The molecule has 24 rings (SSSR count). The van der Waals surface area contributed by atoms with E-state index in [0.29, 0.717) is 68.1 Å². The monoisotopic (exact) mass is 1990 g/mol. The quantitative estimate of drug-likeness (QED) is 0.0951. The van der Waals surface area contributed by atoms with Crippen LogP contribution in [0.1, 0.15) is 86.1 Å². The van der Waals surface area contributed by atoms with Gasteiger partial charge in [0.1, 0.15) is 34.5 Å². The van der Waals surface area contributed by atoms with Gasteiger partial charge in [0.2, 0.25) is 0 Å². The Hall–Kier alpha value is -17.1. The molecule has 0 saturated carbocycles. The van der Waals surface area contributed by atoms with Crippen LogP contribution in [0, 0.1) is 20.8 Å². The van der Waals surface area contributed by atoms with Gasteiger partial charge in [-0.2, -0.15) is 39.5 Å². The molecule has 6 aromatic heterocycles. The van der Waals surface area contributed by atoms with Crippen LogP contribution >= 0.6 is 0 Å². The number of alkyl halides is 9. The SMILES string of the molecule is COc1ccc2c(c1)c1cc(OC)ccc1n2-c1ccc(C)c(-c2cc(-n3c4ccc(OC)cc4c4cc(OC)ccc43)ccc2C(F)(F)F)c1.COc1ccc2c(c1)c1ccccc1n2-c1ccc(C)c(-c2cc(-n3c4ccccc4c4cc(OC)ccc43)ccc2C(F)(F)F)c1.Cc1ccc(-n2c3ccccc3c3ccc(C(C)(C)C)cc32)cc1-c1cc(-n2c3ccccc3c3ccc(C(C)(C)C)cc32)ccc1C(F)(F)F. The lowest BCUT2D eigenvalue weighted by Gasteiger charge is -2.21. The fourth-order valence-corrected chi connectivity index (χ4v) is 21.7. The molecule has 0 saturated heterocycles. The second kappa shape index (κ2) is 36.8. The van der Waals surface area contributed by atoms with Crippen LogP contribution in [0.2, 0.25) is 0 Å². The van der Waals surface area contributed by atoms with Crippen LogP contribution in [0.3, 0.4) is 0 Å². The van der Waals surface area contributed by atoms with Gasteiger partial charge in [0.25, 0.3) is 0 Å². The van der Waals surface area contributed by atoms with Crippen LogP contribution in [-0.2, 0) is 29.4 Å². The first kappa shape index (κ1) is 96.7. The smallest absolute Gasteiger partial charge is 0.417 e. The van der Waals surface area contributed by atoms with Crippen LogP contribution in [0.5, 0.6) is 34.5 Å². The van der Waals surface area contributed by atoms with Gasteiger partial charge in [-0.15, -0.1) is 0 Å². The highest BCUT2D eigenvalue weighted by Crippen LogP contribution is 2.51. The van der Waals surface area contributed by atoms with Crippen molar-refractivity contribution in [1.29, 1.82) is 0 Å². The maximum Gasteiger partial charge on any atom is 0.417 e. The van der Waals surface area contributed by atoms with Crippen molar-refractivity contribution in [3.05, 3.63) is 396 Å². The third-order valence-electron chi connectivity index (χ3n) is 29.2. The minimum absolute atomic E-state index is 0.0730. The molecule has 0 amide bonds. The number of hydrogen-bond acceptors (Lipinski definition) is 6. The van der Waals surface area contributed by atoms with Crippen LogP contribution in [-0.4, -0.2) is 70.1 Å². The molecule has 18 aromatic carbocycles. The highest BCUT2D eigenvalue weighted by Gasteiger charge is 2.39. The number of para-hydroxylation sites is 4. The van der Waals surface area contributed by atoms with Gasteiger partial charge < -0.3 is 55.8 Å². The number of fused-ring (bicyclic) bond motifs is 18. The van der Waals surface area contributed by atoms with Gasteiger partial charge in [-0.1, -0.05) is 157 Å². The molecule has 0 aliphatic heterocycles. The van der Waals surface area contributed by atoms with E-state index in [1.807, 2.05) is 266 Å². The van der Waals surface area contributed by atoms with Crippen molar-refractivity contribution in [2.75, 3.05) is 42.7 Å². The van der Waals surface area contributed by atoms with Crippen molar-refractivity contribution in [1.82, 2.24) is 27.4 Å². The molecule has 12 nitrogen and oxygen atoms in total. The Morgan fingerprint density at radius 1 is 0.174 bits per heavy atom. The molecule has 744 valence electrons. The Morgan fingerprint density at radius 3 is 0.584 bits per heavy atom. The summed E-state index contributed by atoms with van der Waals surface area (Å²) in [4.78, 5) is 0. The number of aryl methyl sites for hydroxylation is 3. The highest BCUT2D eigenvalue weighted by molar-refractivity contribution is 6.16. The molecule has 0 radical (unpaired) electrons. The van der Waals surface area contributed by atoms with Gasteiger partial charge in [-0.25, -0.2) is 0 Å². The van der Waals surface area contributed by atoms with Crippen molar-refractivity contribution < 1.29 is 67.9 Å². The van der Waals surface area contributed by atoms with Gasteiger partial charge in [0, 0.05) is 98.8 Å². The van der Waals surface area contributed by atoms with E-state index in [1.54, 1.807) is 73.0 Å². The van der Waals surface area contributed by atoms with E-state index in [1.165, 1.54) is 29.8 Å². The zero-order valence-electron chi connectivity index (χ0n) is 84.5. The van der Waals surface area contributed by atoms with Crippen molar-refractivity contribution in [3.8, 4) is 102 Å². The van der Waals surface area contributed by atoms with Crippen molar-refractivity contribution >= 4 is 131 Å². The predicted molar refractivity (Wildman–Crippen MR) is 588 cm³/mol. The molecule has 0 bridgehead atoms. The lowest BCUT2D eigenvalue weighted by atomic mass is 9.86. The van der Waals surface area contributed by atoms with E-state index in [9.17, 15) is 39.5 Å². The van der Waals surface area contributed by atoms with Gasteiger partial charge in [-0.3, -0.25) is 0 Å². The number of methoxy groups -OCH3 is 6. The second-order valence-electron chi connectivity index (χ2n) is 40.0. The van der Waals surface area contributed by atoms with E-state index in [2.05, 4.69) is 120 Å². The van der Waals surface area contributed by atoms with Crippen LogP contribution in [0.4, 0.5) is 39.5 Å². The maximum absolute atomic E-state index is 15.0. The summed E-state index contributed by atoms with van der Waals surface area (Å²) in [7, 11) is 9.70. The first-order chi connectivity index (χ1) is 71.5. The topological polar surface area (TPSA) is 85.0 Å². The molecule has 0 N–H and O–H groups in total. The summed E-state index contributed by atoms with van der Waals surface area (Å²) in [5.41, 5.74) is 19.5. The molecule has 0 spiro atoms. The molecular formula is C128H103F9N6O6. The minimum atomic E-state index is -4.60. The average molecular weight is 1990 g/mol. The van der Waals surface area contributed by atoms with E-state index >= 15 is 0 Å². The van der Waals surface area contributed by atoms with Gasteiger partial charge in [-0.05, 0) is 329 Å². The Kier molecular flexibility index (Phi) is 23.9. The fraction of sp³-hybridized carbons (Fsp3) is 0.156. The van der Waals surface area contributed by atoms with E-state index in [4.69, 9.17) is 28.4 Å². The van der Waals surface area contributed by atoms with Gasteiger partial charge in [0.05, 0.1) is 126 Å². The van der Waals surface area contributed by atoms with Crippen molar-refractivity contribution in [2.45, 2.75) is 91.7 Å². The molecular weight excluding hydrogens is 1890 g/mol. The number of rotatable bonds is 15. The van der Waals surface area contributed by atoms with E-state index in [-0.39, 0.29) is 27.5 Å². The molecule has 6 heterocycles. The molecule has 0 aliphatic rings. The number of ether oxygens (including phenoxy) is 6. The Bertz CT molecular complexity index is 9420. The summed E-state index contributed by atoms with van der Waals surface area (Å²) in [6.07, 6.45) is -13.7. The summed E-state index contributed by atoms with van der Waals surface area (Å²) < 4.78 is 179. The summed E-state index contributed by atoms with van der Waals surface area (Å²) in [6, 6.07) is 111. The van der Waals surface area contributed by atoms with Gasteiger partial charge >= 0.3 is 18.5 Å². The molecule has 0 unspecified atom stereocenters. The lowest BCUT2D eigenvalue weighted by molar-refractivity contribution is -0.137. The Morgan fingerprint density at radius 2 is 0.362 bits per heavy atom. The number of benzene rings is 18. The first-order valence-electron chi connectivity index (χ1n) is 49.0. The summed E-state index contributed by atoms with van der Waals surface area (Å²) >= 11 is 0. The Balaban J connectivity index is 0.000000127. The molecule has 0 aliphatic carbocycles. The molecule has 24 aromatic rings. The third kappa shape index (κ3) is 16.9. The number of halogens is 9. The zero-order valence-corrected chi connectivity index (χ0v) is 84.5. The summed E-state index contributed by atoms with van der Waals surface area (Å²) in [6.45, 7) is 18.7. The number of nitrogens with zero attached hydrogens (tertiary/aromatic N) is 6. The molecule has 0 fully saturated rings. The first-order valence-corrected chi connectivity index (χ1v) is 49.0. The summed E-state index contributed by atoms with van der Waals surface area (Å²) in [5, 5.41) is 12.0. The van der Waals surface area contributed by atoms with E-state index in [0.717, 1.165) is 170 Å². The predicted octanol–water partition coefficient (Wildman–Crippen LogP) is 35.3. The molecule has 0 atom stereocenters. The standard InChI is InChI=1S/C46H41F3N2.C42H33F3N2O4.C40H29F3N2O2/c1-28-16-19-31(50-40-14-10-8-12-33(40)35-21-17-29(24-42(35)50)44(2,3)4)26-37(28)38-27-32(20-23-39(38)46(47,48)49)51-41-15-11-9-13-34(41)36-22-18-30(25-43(36)51)45(5,6)7;1-24-6-7-25(46-38-14-9-27(48-2)20-33(38)34-21-28(49-3)10-15-39(34)46)18-31(24)32-19-26(8-13-37(32)42(43,44)45)47-40-16-11-29(50-4)22-35(40)36-23-30(51-5)12-17-41(36)47;1-24-12-13-25(44-36-10-6-4-8-29(36)33-22-27(46-2)15-18-38(33)44)20-31(24)32-21-26(14-17-35(32)40(41,42)43)45-37-11-7-5-9-30(37)34-23-28(47-3)16-19-39(34)45/h8-27H,1-7H3;6-23H,1-5H3;4-23H,1-3H3. The molecule has 149 heavy (non-hydrogen) atoms. The largest absolute Gasteiger partial charge is 0.497 e. The third-order valence-corrected chi connectivity index (χ3v) is 29.2. The van der Waals surface area contributed by atoms with Crippen molar-refractivity contribution in [2.24, 2.45) is 0 Å². The van der Waals surface area contributed by atoms with E-state index < -0.39 is 35.2 Å². The van der Waals surface area contributed by atoms with Gasteiger partial charge in [0.15, 0.2) is 0 Å². The Labute approximate surface area is 853 Å². The van der Waals surface area contributed by atoms with Crippen LogP contribution in [0.15, 0.2) is 352 Å². The number of aromatic nitrogens is 6. The normalized spacial score (nSPS) is 12.3. The highest BCUT2D eigenvalue weighted by atomic mass is 19.4. The number of hydrogen-bond donors (Lipinski definition) is 0. The van der Waals surface area contributed by atoms with Crippen LogP contribution in [0.25, 0.3) is 198 Å². The zero-order chi connectivity index (χ0) is 104.